The first kappa shape index (κ1) is 13.8. The first-order valence-electron chi connectivity index (χ1n) is 5.35. The molecule has 1 heterocycles. The van der Waals surface area contributed by atoms with Crippen LogP contribution in [0.25, 0.3) is 0 Å². The van der Waals surface area contributed by atoms with Gasteiger partial charge in [-0.15, -0.1) is 0 Å². The Labute approximate surface area is 104 Å². The van der Waals surface area contributed by atoms with Crippen LogP contribution in [0.4, 0.5) is 0 Å². The molecule has 6 heteroatoms. The van der Waals surface area contributed by atoms with Gasteiger partial charge in [-0.25, -0.2) is 4.98 Å². The van der Waals surface area contributed by atoms with E-state index in [1.54, 1.807) is 31.3 Å². The molecule has 1 amide bonds. The zero-order chi connectivity index (χ0) is 12.8. The number of carbonyl (C=O) groups excluding carboxylic acids is 1. The van der Waals surface area contributed by atoms with Crippen LogP contribution in [0.15, 0.2) is 12.4 Å². The van der Waals surface area contributed by atoms with E-state index in [0.717, 1.165) is 12.1 Å². The number of aromatic nitrogens is 2. The number of rotatable bonds is 5. The lowest BCUT2D eigenvalue weighted by molar-refractivity contribution is 0.0789. The Bertz CT molecular complexity index is 423. The molecule has 17 heavy (non-hydrogen) atoms. The van der Waals surface area contributed by atoms with Crippen LogP contribution < -0.4 is 0 Å². The van der Waals surface area contributed by atoms with E-state index < -0.39 is 10.8 Å². The highest BCUT2D eigenvalue weighted by atomic mass is 32.2. The van der Waals surface area contributed by atoms with E-state index >= 15 is 0 Å². The predicted molar refractivity (Wildman–Crippen MR) is 67.3 cm³/mol. The Kier molecular flexibility index (Phi) is 5.21. The van der Waals surface area contributed by atoms with E-state index in [1.807, 2.05) is 0 Å². The second kappa shape index (κ2) is 6.44. The molecule has 0 saturated heterocycles. The molecule has 0 aromatic carbocycles. The Morgan fingerprint density at radius 3 is 2.76 bits per heavy atom. The predicted octanol–water partition coefficient (Wildman–Crippen LogP) is 0.626. The van der Waals surface area contributed by atoms with Crippen LogP contribution in [0.5, 0.6) is 0 Å². The molecule has 1 unspecified atom stereocenters. The summed E-state index contributed by atoms with van der Waals surface area (Å²) in [6.45, 7) is 2.37. The van der Waals surface area contributed by atoms with Gasteiger partial charge in [0.05, 0.1) is 11.9 Å². The fraction of sp³-hybridized carbons (Fsp3) is 0.545. The molecule has 1 atom stereocenters. The standard InChI is InChI=1S/C11H17N3O2S/c1-9-7-12-8-10(13-9)11(15)14(2)5-4-6-17(3)16/h7-8H,4-6H2,1-3H3. The van der Waals surface area contributed by atoms with Crippen molar-refractivity contribution in [3.8, 4) is 0 Å². The van der Waals surface area contributed by atoms with E-state index in [4.69, 9.17) is 0 Å². The van der Waals surface area contributed by atoms with Crippen molar-refractivity contribution in [3.63, 3.8) is 0 Å². The number of nitrogens with zero attached hydrogens (tertiary/aromatic N) is 3. The van der Waals surface area contributed by atoms with Crippen molar-refractivity contribution in [3.05, 3.63) is 23.8 Å². The highest BCUT2D eigenvalue weighted by Crippen LogP contribution is 2.01. The summed E-state index contributed by atoms with van der Waals surface area (Å²) in [5.41, 5.74) is 1.07. The summed E-state index contributed by atoms with van der Waals surface area (Å²) in [5.74, 6) is 0.458. The van der Waals surface area contributed by atoms with Crippen molar-refractivity contribution in [2.75, 3.05) is 25.6 Å². The van der Waals surface area contributed by atoms with Crippen LogP contribution in [0.2, 0.25) is 0 Å². The lowest BCUT2D eigenvalue weighted by Gasteiger charge is -2.16. The Morgan fingerprint density at radius 2 is 2.18 bits per heavy atom. The number of carbonyl (C=O) groups is 1. The fourth-order valence-corrected chi connectivity index (χ4v) is 1.90. The average Bonchev–Trinajstić information content (AvgIpc) is 2.27. The van der Waals surface area contributed by atoms with Gasteiger partial charge in [0.25, 0.3) is 5.91 Å². The maximum atomic E-state index is 11.9. The van der Waals surface area contributed by atoms with Crippen LogP contribution in [0.1, 0.15) is 22.6 Å². The van der Waals surface area contributed by atoms with E-state index in [-0.39, 0.29) is 5.91 Å². The van der Waals surface area contributed by atoms with Gasteiger partial charge in [0.15, 0.2) is 0 Å². The van der Waals surface area contributed by atoms with Crippen molar-refractivity contribution >= 4 is 16.7 Å². The molecule has 0 aliphatic rings. The molecule has 0 N–H and O–H groups in total. The summed E-state index contributed by atoms with van der Waals surface area (Å²) in [7, 11) is 0.904. The third-order valence-electron chi connectivity index (χ3n) is 2.25. The monoisotopic (exact) mass is 255 g/mol. The van der Waals surface area contributed by atoms with Crippen LogP contribution in [0, 0.1) is 6.92 Å². The molecule has 1 aromatic rings. The van der Waals surface area contributed by atoms with Crippen molar-refractivity contribution < 1.29 is 9.00 Å². The zero-order valence-corrected chi connectivity index (χ0v) is 11.2. The molecule has 0 fully saturated rings. The van der Waals surface area contributed by atoms with Crippen LogP contribution in [0.3, 0.4) is 0 Å². The van der Waals surface area contributed by atoms with Gasteiger partial charge in [-0.3, -0.25) is 14.0 Å². The molecule has 1 aromatic heterocycles. The van der Waals surface area contributed by atoms with Gasteiger partial charge in [0, 0.05) is 42.6 Å². The molecule has 0 aliphatic carbocycles. The third-order valence-corrected chi connectivity index (χ3v) is 3.11. The Balaban J connectivity index is 2.54. The second-order valence-corrected chi connectivity index (χ2v) is 5.46. The highest BCUT2D eigenvalue weighted by molar-refractivity contribution is 7.84. The topological polar surface area (TPSA) is 63.2 Å². The minimum atomic E-state index is -0.809. The van der Waals surface area contributed by atoms with E-state index in [2.05, 4.69) is 9.97 Å². The molecule has 1 rings (SSSR count). The zero-order valence-electron chi connectivity index (χ0n) is 10.3. The molecule has 0 radical (unpaired) electrons. The lowest BCUT2D eigenvalue weighted by Crippen LogP contribution is -2.29. The summed E-state index contributed by atoms with van der Waals surface area (Å²) in [4.78, 5) is 21.6. The van der Waals surface area contributed by atoms with E-state index in [9.17, 15) is 9.00 Å². The highest BCUT2D eigenvalue weighted by Gasteiger charge is 2.13. The molecule has 0 bridgehead atoms. The smallest absolute Gasteiger partial charge is 0.273 e. The summed E-state index contributed by atoms with van der Waals surface area (Å²) in [5, 5.41) is 0. The van der Waals surface area contributed by atoms with Gasteiger partial charge in [0.1, 0.15) is 5.69 Å². The Morgan fingerprint density at radius 1 is 1.47 bits per heavy atom. The van der Waals surface area contributed by atoms with Crippen LogP contribution >= 0.6 is 0 Å². The van der Waals surface area contributed by atoms with Crippen molar-refractivity contribution in [1.29, 1.82) is 0 Å². The van der Waals surface area contributed by atoms with Crippen molar-refractivity contribution in [1.82, 2.24) is 14.9 Å². The minimum absolute atomic E-state index is 0.150. The van der Waals surface area contributed by atoms with E-state index in [0.29, 0.717) is 18.0 Å². The maximum Gasteiger partial charge on any atom is 0.273 e. The summed E-state index contributed by atoms with van der Waals surface area (Å²) < 4.78 is 10.9. The molecule has 0 aliphatic heterocycles. The first-order valence-corrected chi connectivity index (χ1v) is 7.07. The number of amides is 1. The van der Waals surface area contributed by atoms with Gasteiger partial charge < -0.3 is 4.90 Å². The van der Waals surface area contributed by atoms with Crippen LogP contribution in [-0.2, 0) is 10.8 Å². The largest absolute Gasteiger partial charge is 0.340 e. The molecule has 0 saturated carbocycles. The normalized spacial score (nSPS) is 12.2. The van der Waals surface area contributed by atoms with Crippen molar-refractivity contribution in [2.45, 2.75) is 13.3 Å². The molecular formula is C11H17N3O2S. The van der Waals surface area contributed by atoms with Crippen LogP contribution in [-0.4, -0.2) is 50.6 Å². The number of hydrogen-bond acceptors (Lipinski definition) is 4. The molecular weight excluding hydrogens is 238 g/mol. The number of hydrogen-bond donors (Lipinski definition) is 0. The summed E-state index contributed by atoms with van der Waals surface area (Å²) in [6.07, 6.45) is 5.46. The minimum Gasteiger partial charge on any atom is -0.340 e. The van der Waals surface area contributed by atoms with Crippen molar-refractivity contribution in [2.24, 2.45) is 0 Å². The molecule has 0 spiro atoms. The lowest BCUT2D eigenvalue weighted by atomic mass is 10.3. The SMILES string of the molecule is Cc1cncc(C(=O)N(C)CCCS(C)=O)n1. The third kappa shape index (κ3) is 4.60. The van der Waals surface area contributed by atoms with Gasteiger partial charge in [0.2, 0.25) is 0 Å². The quantitative estimate of drug-likeness (QED) is 0.774. The van der Waals surface area contributed by atoms with Gasteiger partial charge in [-0.05, 0) is 13.3 Å². The summed E-state index contributed by atoms with van der Waals surface area (Å²) in [6, 6.07) is 0. The maximum absolute atomic E-state index is 11.9. The summed E-state index contributed by atoms with van der Waals surface area (Å²) >= 11 is 0. The second-order valence-electron chi connectivity index (χ2n) is 3.90. The molecule has 94 valence electrons. The van der Waals surface area contributed by atoms with E-state index in [1.165, 1.54) is 6.20 Å². The van der Waals surface area contributed by atoms with Gasteiger partial charge in [-0.2, -0.15) is 0 Å². The average molecular weight is 255 g/mol. The molecule has 5 nitrogen and oxygen atoms in total. The fourth-order valence-electron chi connectivity index (χ4n) is 1.37. The van der Waals surface area contributed by atoms with Gasteiger partial charge >= 0.3 is 0 Å². The number of aryl methyl sites for hydroxylation is 1. The van der Waals surface area contributed by atoms with Gasteiger partial charge in [-0.1, -0.05) is 0 Å². The first-order chi connectivity index (χ1) is 8.00. The Hall–Kier alpha value is -1.30.